The molecule has 29 heavy (non-hydrogen) atoms. The number of piperazine rings is 1. The number of fused-ring (bicyclic) bond motifs is 2. The van der Waals surface area contributed by atoms with Crippen molar-refractivity contribution in [3.05, 3.63) is 48.3 Å². The van der Waals surface area contributed by atoms with Crippen molar-refractivity contribution < 1.29 is 9.50 Å². The smallest absolute Gasteiger partial charge is 0.144 e. The molecular formula is C22H22FN5O. The monoisotopic (exact) mass is 391 g/mol. The number of aromatic hydroxyl groups is 1. The first kappa shape index (κ1) is 17.8. The largest absolute Gasteiger partial charge is 0.507 e. The molecule has 7 heteroatoms. The highest BCUT2D eigenvalue weighted by atomic mass is 19.1. The van der Waals surface area contributed by atoms with E-state index < -0.39 is 5.82 Å². The van der Waals surface area contributed by atoms with Gasteiger partial charge in [0.1, 0.15) is 17.4 Å². The van der Waals surface area contributed by atoms with Crippen LogP contribution in [0.25, 0.3) is 33.2 Å². The van der Waals surface area contributed by atoms with Crippen molar-refractivity contribution in [2.24, 2.45) is 0 Å². The molecule has 6 nitrogen and oxygen atoms in total. The SMILES string of the molecule is CN1CCN(c2ccc3nc(-c4c(O)cc5cccc(F)c5c4N)[nH]c3c2)CC1. The molecule has 3 aromatic carbocycles. The zero-order valence-corrected chi connectivity index (χ0v) is 16.1. The number of anilines is 2. The summed E-state index contributed by atoms with van der Waals surface area (Å²) in [5.41, 5.74) is 9.51. The summed E-state index contributed by atoms with van der Waals surface area (Å²) in [5, 5.41) is 11.4. The van der Waals surface area contributed by atoms with Crippen LogP contribution in [0.4, 0.5) is 15.8 Å². The molecule has 1 aliphatic rings. The third-order valence-corrected chi connectivity index (χ3v) is 5.70. The number of rotatable bonds is 2. The first-order valence-electron chi connectivity index (χ1n) is 9.64. The second-order valence-electron chi connectivity index (χ2n) is 7.60. The third-order valence-electron chi connectivity index (χ3n) is 5.70. The number of halogens is 1. The second kappa shape index (κ2) is 6.63. The van der Waals surface area contributed by atoms with Gasteiger partial charge in [-0.15, -0.1) is 0 Å². The van der Waals surface area contributed by atoms with Gasteiger partial charge in [-0.3, -0.25) is 0 Å². The summed E-state index contributed by atoms with van der Waals surface area (Å²) in [6.45, 7) is 4.00. The highest BCUT2D eigenvalue weighted by Crippen LogP contribution is 2.40. The van der Waals surface area contributed by atoms with Gasteiger partial charge in [0.2, 0.25) is 0 Å². The number of nitrogen functional groups attached to an aromatic ring is 1. The van der Waals surface area contributed by atoms with Crippen LogP contribution < -0.4 is 10.6 Å². The number of phenols is 1. The van der Waals surface area contributed by atoms with E-state index in [1.807, 2.05) is 6.07 Å². The van der Waals surface area contributed by atoms with E-state index in [0.717, 1.165) is 42.9 Å². The van der Waals surface area contributed by atoms with Gasteiger partial charge in [0.05, 0.1) is 22.3 Å². The summed E-state index contributed by atoms with van der Waals surface area (Å²) >= 11 is 0. The lowest BCUT2D eigenvalue weighted by molar-refractivity contribution is 0.313. The lowest BCUT2D eigenvalue weighted by Gasteiger charge is -2.34. The fourth-order valence-corrected chi connectivity index (χ4v) is 4.05. The van der Waals surface area contributed by atoms with Crippen LogP contribution in [0.2, 0.25) is 0 Å². The topological polar surface area (TPSA) is 81.4 Å². The number of phenolic OH excluding ortho intramolecular Hbond substituents is 1. The molecule has 1 fully saturated rings. The van der Waals surface area contributed by atoms with Crippen molar-refractivity contribution >= 4 is 33.2 Å². The van der Waals surface area contributed by atoms with Crippen LogP contribution in [-0.4, -0.2) is 53.2 Å². The Balaban J connectivity index is 1.60. The van der Waals surface area contributed by atoms with E-state index in [4.69, 9.17) is 5.73 Å². The molecule has 0 radical (unpaired) electrons. The Hall–Kier alpha value is -3.32. The minimum absolute atomic E-state index is 0.0288. The highest BCUT2D eigenvalue weighted by molar-refractivity contribution is 6.03. The summed E-state index contributed by atoms with van der Waals surface area (Å²) in [6, 6.07) is 12.3. The molecule has 0 bridgehead atoms. The fourth-order valence-electron chi connectivity index (χ4n) is 4.05. The van der Waals surface area contributed by atoms with E-state index >= 15 is 0 Å². The van der Waals surface area contributed by atoms with E-state index in [9.17, 15) is 9.50 Å². The molecule has 0 spiro atoms. The summed E-state index contributed by atoms with van der Waals surface area (Å²) in [6.07, 6.45) is 0. The minimum atomic E-state index is -0.422. The normalized spacial score (nSPS) is 15.4. The molecule has 5 rings (SSSR count). The van der Waals surface area contributed by atoms with E-state index in [0.29, 0.717) is 22.2 Å². The van der Waals surface area contributed by atoms with Crippen LogP contribution in [0, 0.1) is 5.82 Å². The number of aromatic amines is 1. The van der Waals surface area contributed by atoms with E-state index in [2.05, 4.69) is 38.9 Å². The van der Waals surface area contributed by atoms with Gasteiger partial charge < -0.3 is 25.6 Å². The summed E-state index contributed by atoms with van der Waals surface area (Å²) in [4.78, 5) is 12.5. The summed E-state index contributed by atoms with van der Waals surface area (Å²) in [5.74, 6) is -0.0238. The third kappa shape index (κ3) is 2.94. The number of hydrogen-bond acceptors (Lipinski definition) is 5. The van der Waals surface area contributed by atoms with Gasteiger partial charge in [-0.1, -0.05) is 12.1 Å². The molecular weight excluding hydrogens is 369 g/mol. The number of nitrogens with two attached hydrogens (primary N) is 1. The fraction of sp³-hybridized carbons (Fsp3) is 0.227. The molecule has 1 aliphatic heterocycles. The molecule has 148 valence electrons. The number of nitrogens with one attached hydrogen (secondary N) is 1. The van der Waals surface area contributed by atoms with E-state index in [1.165, 1.54) is 12.1 Å². The van der Waals surface area contributed by atoms with Crippen LogP contribution in [0.3, 0.4) is 0 Å². The number of H-pyrrole nitrogens is 1. The Morgan fingerprint density at radius 2 is 1.90 bits per heavy atom. The Labute approximate surface area is 167 Å². The van der Waals surface area contributed by atoms with Crippen molar-refractivity contribution in [1.82, 2.24) is 14.9 Å². The van der Waals surface area contributed by atoms with Crippen molar-refractivity contribution in [1.29, 1.82) is 0 Å². The molecule has 0 saturated carbocycles. The lowest BCUT2D eigenvalue weighted by Crippen LogP contribution is -2.44. The van der Waals surface area contributed by atoms with Crippen LogP contribution in [0.15, 0.2) is 42.5 Å². The predicted molar refractivity (Wildman–Crippen MR) is 115 cm³/mol. The summed E-state index contributed by atoms with van der Waals surface area (Å²) < 4.78 is 14.4. The van der Waals surface area contributed by atoms with Gasteiger partial charge in [-0.2, -0.15) is 0 Å². The molecule has 4 aromatic rings. The van der Waals surface area contributed by atoms with E-state index in [1.54, 1.807) is 12.1 Å². The van der Waals surface area contributed by atoms with Crippen molar-refractivity contribution in [3.8, 4) is 17.1 Å². The molecule has 1 aromatic heterocycles. The number of imidazole rings is 1. The Bertz CT molecular complexity index is 1230. The minimum Gasteiger partial charge on any atom is -0.507 e. The number of aromatic nitrogens is 2. The van der Waals surface area contributed by atoms with Crippen LogP contribution >= 0.6 is 0 Å². The molecule has 1 saturated heterocycles. The van der Waals surface area contributed by atoms with Crippen LogP contribution in [0.5, 0.6) is 5.75 Å². The Morgan fingerprint density at radius 1 is 1.10 bits per heavy atom. The molecule has 0 unspecified atom stereocenters. The molecule has 4 N–H and O–H groups in total. The average molecular weight is 391 g/mol. The van der Waals surface area contributed by atoms with E-state index in [-0.39, 0.29) is 11.4 Å². The molecule has 0 atom stereocenters. The van der Waals surface area contributed by atoms with Gasteiger partial charge in [0.25, 0.3) is 0 Å². The zero-order chi connectivity index (χ0) is 20.1. The van der Waals surface area contributed by atoms with Crippen molar-refractivity contribution in [3.63, 3.8) is 0 Å². The van der Waals surface area contributed by atoms with Crippen LogP contribution in [-0.2, 0) is 0 Å². The zero-order valence-electron chi connectivity index (χ0n) is 16.1. The van der Waals surface area contributed by atoms with Gasteiger partial charge in [0.15, 0.2) is 0 Å². The Kier molecular flexibility index (Phi) is 4.06. The Morgan fingerprint density at radius 3 is 2.69 bits per heavy atom. The second-order valence-corrected chi connectivity index (χ2v) is 7.60. The van der Waals surface area contributed by atoms with Gasteiger partial charge in [-0.05, 0) is 42.8 Å². The molecule has 0 amide bonds. The number of likely N-dealkylation sites (N-methyl/N-ethyl adjacent to an activating group) is 1. The average Bonchev–Trinajstić information content (AvgIpc) is 3.11. The predicted octanol–water partition coefficient (Wildman–Crippen LogP) is 3.56. The van der Waals surface area contributed by atoms with Crippen molar-refractivity contribution in [2.45, 2.75) is 0 Å². The molecule has 2 heterocycles. The number of hydrogen-bond donors (Lipinski definition) is 3. The van der Waals surface area contributed by atoms with Gasteiger partial charge in [-0.25, -0.2) is 9.37 Å². The summed E-state index contributed by atoms with van der Waals surface area (Å²) in [7, 11) is 2.13. The van der Waals surface area contributed by atoms with Gasteiger partial charge >= 0.3 is 0 Å². The van der Waals surface area contributed by atoms with Crippen LogP contribution in [0.1, 0.15) is 0 Å². The quantitative estimate of drug-likeness (QED) is 0.455. The maximum Gasteiger partial charge on any atom is 0.144 e. The molecule has 0 aliphatic carbocycles. The lowest BCUT2D eigenvalue weighted by atomic mass is 10.0. The first-order chi connectivity index (χ1) is 14.0. The van der Waals surface area contributed by atoms with Crippen molar-refractivity contribution in [2.75, 3.05) is 43.9 Å². The maximum absolute atomic E-state index is 14.4. The number of benzene rings is 3. The van der Waals surface area contributed by atoms with Gasteiger partial charge in [0, 0.05) is 37.3 Å². The highest BCUT2D eigenvalue weighted by Gasteiger charge is 2.19. The number of nitrogens with zero attached hydrogens (tertiary/aromatic N) is 3. The standard InChI is InChI=1S/C22H22FN5O/c1-27-7-9-28(10-8-27)14-5-6-16-17(12-14)26-22(25-16)20-18(29)11-13-3-2-4-15(23)19(13)21(20)24/h2-6,11-12,29H,7-10,24H2,1H3,(H,25,26). The maximum atomic E-state index is 14.4. The first-order valence-corrected chi connectivity index (χ1v) is 9.64.